The van der Waals surface area contributed by atoms with Crippen molar-refractivity contribution < 1.29 is 29.0 Å². The largest absolute Gasteiger partial charge is 0.525 e. The first kappa shape index (κ1) is 14.5. The predicted octanol–water partition coefficient (Wildman–Crippen LogP) is 2.56. The maximum Gasteiger partial charge on any atom is 0.525 e. The molecule has 10 heteroatoms. The third-order valence-electron chi connectivity index (χ3n) is 1.48. The average molecular weight is 383 g/mol. The average Bonchev–Trinajstić information content (AvgIpc) is 2.25. The summed E-state index contributed by atoms with van der Waals surface area (Å²) >= 11 is 1.19. The number of nitrogens with zero attached hydrogens (tertiary/aromatic N) is 1. The van der Waals surface area contributed by atoms with Gasteiger partial charge in [0.1, 0.15) is 23.0 Å². The van der Waals surface area contributed by atoms with Crippen LogP contribution in [0.25, 0.3) is 0 Å². The van der Waals surface area contributed by atoms with Crippen LogP contribution in [0.4, 0.5) is 18.9 Å². The Morgan fingerprint density at radius 3 is 2.12 bits per heavy atom. The maximum atomic E-state index is 12.0. The molecule has 0 atom stereocenters. The molecule has 17 heavy (non-hydrogen) atoms. The van der Waals surface area contributed by atoms with Crippen molar-refractivity contribution in [2.45, 2.75) is 5.51 Å². The van der Waals surface area contributed by atoms with Gasteiger partial charge in [-0.15, -0.1) is 4.28 Å². The van der Waals surface area contributed by atoms with E-state index < -0.39 is 15.6 Å². The fraction of sp³-hybridized carbons (Fsp3) is 0.143. The number of hydrogen-bond acceptors (Lipinski definition) is 5. The Morgan fingerprint density at radius 1 is 1.18 bits per heavy atom. The minimum atomic E-state index is -5.76. The minimum absolute atomic E-state index is 0.00488. The number of rotatable bonds is 4. The number of anilines is 1. The molecular weight excluding hydrogens is 378 g/mol. The lowest BCUT2D eigenvalue weighted by atomic mass is 10.3. The molecule has 0 aliphatic rings. The molecule has 0 amide bonds. The van der Waals surface area contributed by atoms with Crippen LogP contribution in [0.2, 0.25) is 0 Å². The van der Waals surface area contributed by atoms with E-state index in [1.165, 1.54) is 47.3 Å². The van der Waals surface area contributed by atoms with Gasteiger partial charge in [-0.2, -0.15) is 24.8 Å². The van der Waals surface area contributed by atoms with Crippen LogP contribution in [-0.2, 0) is 17.6 Å². The summed E-state index contributed by atoms with van der Waals surface area (Å²) in [4.78, 5) is 0. The lowest BCUT2D eigenvalue weighted by Gasteiger charge is -2.18. The molecule has 0 saturated heterocycles. The Labute approximate surface area is 109 Å². The molecule has 0 spiro atoms. The van der Waals surface area contributed by atoms with Gasteiger partial charge in [-0.25, -0.2) is 0 Å². The second-order valence-corrected chi connectivity index (χ2v) is 4.55. The molecule has 1 aromatic rings. The first-order valence-electron chi connectivity index (χ1n) is 3.92. The van der Waals surface area contributed by atoms with Gasteiger partial charge in [0.2, 0.25) is 0 Å². The van der Waals surface area contributed by atoms with Crippen molar-refractivity contribution in [3.8, 4) is 0 Å². The first-order valence-corrected chi connectivity index (χ1v) is 6.21. The van der Waals surface area contributed by atoms with E-state index in [1.807, 2.05) is 0 Å². The van der Waals surface area contributed by atoms with Gasteiger partial charge in [0, 0.05) is 0 Å². The van der Waals surface area contributed by atoms with Crippen LogP contribution in [0, 0.1) is 0 Å². The van der Waals surface area contributed by atoms with Crippen molar-refractivity contribution in [2.24, 2.45) is 0 Å². The van der Waals surface area contributed by atoms with Crippen molar-refractivity contribution in [3.63, 3.8) is 0 Å². The fourth-order valence-corrected chi connectivity index (χ4v) is 1.57. The van der Waals surface area contributed by atoms with Gasteiger partial charge < -0.3 is 0 Å². The maximum absolute atomic E-state index is 12.0. The van der Waals surface area contributed by atoms with Gasteiger partial charge in [0.15, 0.2) is 0 Å². The summed E-state index contributed by atoms with van der Waals surface area (Å²) in [7, 11) is -5.76. The summed E-state index contributed by atoms with van der Waals surface area (Å²) in [5.74, 6) is 0. The Morgan fingerprint density at radius 2 is 1.71 bits per heavy atom. The van der Waals surface area contributed by atoms with Gasteiger partial charge in [-0.05, 0) is 12.1 Å². The minimum Gasteiger partial charge on any atom is -0.188 e. The van der Waals surface area contributed by atoms with E-state index in [-0.39, 0.29) is 10.9 Å². The molecule has 1 aromatic carbocycles. The first-order chi connectivity index (χ1) is 7.78. The molecule has 0 bridgehead atoms. The lowest BCUT2D eigenvalue weighted by molar-refractivity contribution is -0.0602. The molecule has 1 rings (SSSR count). The van der Waals surface area contributed by atoms with Crippen molar-refractivity contribution in [1.29, 1.82) is 0 Å². The number of para-hydroxylation sites is 1. The highest BCUT2D eigenvalue weighted by Gasteiger charge is 2.49. The standard InChI is InChI=1S/C7H5F3INO4S/c8-7(9,10)17(13,14)16-12(15-11)6-4-2-1-3-5-6/h1-5H. The third-order valence-corrected chi connectivity index (χ3v) is 2.74. The summed E-state index contributed by atoms with van der Waals surface area (Å²) in [5, 5.41) is 0.142. The van der Waals surface area contributed by atoms with E-state index in [9.17, 15) is 21.6 Å². The number of hydrogen-bond donors (Lipinski definition) is 0. The molecule has 0 unspecified atom stereocenters. The normalized spacial score (nSPS) is 12.5. The second-order valence-electron chi connectivity index (χ2n) is 2.64. The highest BCUT2D eigenvalue weighted by molar-refractivity contribution is 14.1. The quantitative estimate of drug-likeness (QED) is 0.455. The molecule has 0 aliphatic heterocycles. The van der Waals surface area contributed by atoms with E-state index in [0.717, 1.165) is 0 Å². The Bertz CT molecular complexity index is 464. The van der Waals surface area contributed by atoms with Crippen molar-refractivity contribution in [3.05, 3.63) is 30.3 Å². The van der Waals surface area contributed by atoms with Gasteiger partial charge in [-0.3, -0.25) is 0 Å². The van der Waals surface area contributed by atoms with E-state index in [2.05, 4.69) is 7.45 Å². The van der Waals surface area contributed by atoms with Crippen LogP contribution in [0.5, 0.6) is 0 Å². The van der Waals surface area contributed by atoms with Crippen LogP contribution < -0.4 is 5.23 Å². The third kappa shape index (κ3) is 3.69. The van der Waals surface area contributed by atoms with Crippen molar-refractivity contribution in [1.82, 2.24) is 0 Å². The van der Waals surface area contributed by atoms with E-state index >= 15 is 0 Å². The number of alkyl halides is 3. The Hall–Kier alpha value is -0.590. The van der Waals surface area contributed by atoms with Crippen LogP contribution in [-0.4, -0.2) is 13.9 Å². The summed E-state index contributed by atoms with van der Waals surface area (Å²) in [6.45, 7) is 0. The molecule has 0 radical (unpaired) electrons. The predicted molar refractivity (Wildman–Crippen MR) is 60.1 cm³/mol. The van der Waals surface area contributed by atoms with Crippen LogP contribution in [0.3, 0.4) is 0 Å². The molecule has 0 aromatic heterocycles. The molecule has 0 saturated carbocycles. The summed E-state index contributed by atoms with van der Waals surface area (Å²) < 4.78 is 65.7. The highest BCUT2D eigenvalue weighted by atomic mass is 127. The van der Waals surface area contributed by atoms with Crippen molar-refractivity contribution >= 4 is 38.8 Å². The molecule has 5 nitrogen and oxygen atoms in total. The number of halogens is 4. The van der Waals surface area contributed by atoms with Gasteiger partial charge in [0.05, 0.1) is 5.69 Å². The lowest BCUT2D eigenvalue weighted by Crippen LogP contribution is -2.33. The SMILES string of the molecule is O=S(=O)(ON(OI)c1ccccc1)C(F)(F)F. The monoisotopic (exact) mass is 383 g/mol. The Balaban J connectivity index is 2.94. The second kappa shape index (κ2) is 5.37. The highest BCUT2D eigenvalue weighted by Crippen LogP contribution is 2.28. The van der Waals surface area contributed by atoms with Gasteiger partial charge in [-0.1, -0.05) is 23.4 Å². The zero-order chi connectivity index (χ0) is 13.1. The van der Waals surface area contributed by atoms with E-state index in [0.29, 0.717) is 0 Å². The topological polar surface area (TPSA) is 55.8 Å². The van der Waals surface area contributed by atoms with E-state index in [1.54, 1.807) is 6.07 Å². The van der Waals surface area contributed by atoms with Crippen LogP contribution in [0.15, 0.2) is 30.3 Å². The summed E-state index contributed by atoms with van der Waals surface area (Å²) in [6.07, 6.45) is 0. The molecule has 96 valence electrons. The zero-order valence-electron chi connectivity index (χ0n) is 7.89. The fourth-order valence-electron chi connectivity index (χ4n) is 0.775. The van der Waals surface area contributed by atoms with Crippen molar-refractivity contribution in [2.75, 3.05) is 5.23 Å². The molecule has 0 aliphatic carbocycles. The van der Waals surface area contributed by atoms with E-state index in [4.69, 9.17) is 0 Å². The molecule has 0 heterocycles. The summed E-state index contributed by atoms with van der Waals surface area (Å²) in [6, 6.07) is 7.16. The van der Waals surface area contributed by atoms with Crippen LogP contribution >= 0.6 is 23.0 Å². The van der Waals surface area contributed by atoms with Gasteiger partial charge >= 0.3 is 15.6 Å². The smallest absolute Gasteiger partial charge is 0.188 e. The summed E-state index contributed by atoms with van der Waals surface area (Å²) in [5.41, 5.74) is -5.52. The molecular formula is C7H5F3INO4S. The van der Waals surface area contributed by atoms with Crippen LogP contribution in [0.1, 0.15) is 0 Å². The van der Waals surface area contributed by atoms with Gasteiger partial charge in [0.25, 0.3) is 0 Å². The molecule has 0 fully saturated rings. The Kier molecular flexibility index (Phi) is 4.57. The zero-order valence-corrected chi connectivity index (χ0v) is 10.9. The number of benzene rings is 1. The molecule has 0 N–H and O–H groups in total.